The Labute approximate surface area is 255 Å². The molecule has 2 atom stereocenters. The standard InChI is InChI=1S/C33H38N4O5S/c1-33(2,3)43(40)37-20-25-18-26(32(39)34-19-23-11-12-28-29(17-23)42-21-41-28)35-31(30(25)27(37)13-15-38)24-10-6-8-22(16-24)9-7-14-36(4)5/h6,8,10-12,16-18,27,38H,13-15,19-21H2,1-5H3,(H,34,39). The lowest BCUT2D eigenvalue weighted by molar-refractivity contribution is 0.0945. The van der Waals surface area contributed by atoms with Crippen LogP contribution in [-0.4, -0.2) is 68.2 Å². The van der Waals surface area contributed by atoms with Gasteiger partial charge in [0.05, 0.1) is 23.0 Å². The van der Waals surface area contributed by atoms with Crippen LogP contribution in [0.25, 0.3) is 11.3 Å². The molecule has 2 aliphatic heterocycles. The monoisotopic (exact) mass is 602 g/mol. The van der Waals surface area contributed by atoms with Crippen molar-refractivity contribution in [1.29, 1.82) is 0 Å². The van der Waals surface area contributed by atoms with Crippen LogP contribution in [0, 0.1) is 11.8 Å². The van der Waals surface area contributed by atoms with Crippen LogP contribution in [-0.2, 0) is 24.1 Å². The maximum Gasteiger partial charge on any atom is 0.270 e. The fourth-order valence-corrected chi connectivity index (χ4v) is 6.58. The molecule has 5 rings (SSSR count). The average Bonchev–Trinajstić information content (AvgIpc) is 3.59. The number of carbonyl (C=O) groups is 1. The molecule has 0 saturated carbocycles. The first kappa shape index (κ1) is 30.7. The highest BCUT2D eigenvalue weighted by Gasteiger charge is 2.40. The van der Waals surface area contributed by atoms with E-state index >= 15 is 0 Å². The molecule has 0 radical (unpaired) electrons. The van der Waals surface area contributed by atoms with Gasteiger partial charge in [0.2, 0.25) is 6.79 Å². The van der Waals surface area contributed by atoms with Crippen molar-refractivity contribution < 1.29 is 23.6 Å². The van der Waals surface area contributed by atoms with E-state index in [9.17, 15) is 14.1 Å². The lowest BCUT2D eigenvalue weighted by atomic mass is 9.95. The van der Waals surface area contributed by atoms with Crippen molar-refractivity contribution in [2.45, 2.75) is 51.1 Å². The second-order valence-electron chi connectivity index (χ2n) is 11.9. The van der Waals surface area contributed by atoms with Crippen molar-refractivity contribution in [3.05, 3.63) is 76.5 Å². The first-order valence-electron chi connectivity index (χ1n) is 14.3. The van der Waals surface area contributed by atoms with E-state index in [1.54, 1.807) is 6.07 Å². The molecule has 3 heterocycles. The van der Waals surface area contributed by atoms with Crippen LogP contribution in [0.2, 0.25) is 0 Å². The van der Waals surface area contributed by atoms with E-state index in [1.807, 2.05) is 86.5 Å². The first-order chi connectivity index (χ1) is 20.5. The van der Waals surface area contributed by atoms with Gasteiger partial charge in [-0.3, -0.25) is 9.69 Å². The van der Waals surface area contributed by atoms with Gasteiger partial charge in [-0.1, -0.05) is 30.0 Å². The molecule has 0 saturated heterocycles. The summed E-state index contributed by atoms with van der Waals surface area (Å²) in [5.74, 6) is 7.40. The maximum absolute atomic E-state index is 13.7. The van der Waals surface area contributed by atoms with Crippen LogP contribution in [0.4, 0.5) is 0 Å². The van der Waals surface area contributed by atoms with E-state index in [-0.39, 0.29) is 37.6 Å². The summed E-state index contributed by atoms with van der Waals surface area (Å²) in [6, 6.07) is 14.8. The second-order valence-corrected chi connectivity index (χ2v) is 14.1. The molecule has 0 spiro atoms. The highest BCUT2D eigenvalue weighted by atomic mass is 32.2. The molecule has 2 unspecified atom stereocenters. The molecule has 0 aliphatic carbocycles. The Bertz CT molecular complexity index is 1600. The van der Waals surface area contributed by atoms with E-state index in [0.717, 1.165) is 27.8 Å². The molecule has 3 aromatic rings. The maximum atomic E-state index is 13.7. The highest BCUT2D eigenvalue weighted by molar-refractivity contribution is 7.84. The van der Waals surface area contributed by atoms with Gasteiger partial charge in [-0.05, 0) is 82.7 Å². The third kappa shape index (κ3) is 6.92. The smallest absolute Gasteiger partial charge is 0.270 e. The topological polar surface area (TPSA) is 104 Å². The summed E-state index contributed by atoms with van der Waals surface area (Å²) in [6.45, 7) is 7.21. The number of amides is 1. The molecule has 43 heavy (non-hydrogen) atoms. The molecular formula is C33H38N4O5S. The first-order valence-corrected chi connectivity index (χ1v) is 15.4. The Morgan fingerprint density at radius 2 is 1.95 bits per heavy atom. The number of ether oxygens (including phenoxy) is 2. The molecule has 0 fully saturated rings. The van der Waals surface area contributed by atoms with Gasteiger partial charge in [0.1, 0.15) is 16.7 Å². The number of aliphatic hydroxyl groups is 1. The largest absolute Gasteiger partial charge is 0.454 e. The van der Waals surface area contributed by atoms with E-state index in [0.29, 0.717) is 36.7 Å². The summed E-state index contributed by atoms with van der Waals surface area (Å²) in [5, 5.41) is 13.0. The molecule has 2 N–H and O–H groups in total. The Morgan fingerprint density at radius 1 is 1.16 bits per heavy atom. The van der Waals surface area contributed by atoms with Crippen LogP contribution in [0.3, 0.4) is 0 Å². The van der Waals surface area contributed by atoms with Gasteiger partial charge in [-0.15, -0.1) is 0 Å². The van der Waals surface area contributed by atoms with Gasteiger partial charge in [0.25, 0.3) is 5.91 Å². The van der Waals surface area contributed by atoms with E-state index in [4.69, 9.17) is 14.5 Å². The highest BCUT2D eigenvalue weighted by Crippen LogP contribution is 2.44. The van der Waals surface area contributed by atoms with Crippen molar-refractivity contribution in [3.63, 3.8) is 0 Å². The van der Waals surface area contributed by atoms with Crippen LogP contribution in [0.5, 0.6) is 11.5 Å². The number of pyridine rings is 1. The Morgan fingerprint density at radius 3 is 2.70 bits per heavy atom. The number of hydrogen-bond acceptors (Lipinski definition) is 7. The third-order valence-corrected chi connectivity index (χ3v) is 9.03. The lowest BCUT2D eigenvalue weighted by Crippen LogP contribution is -2.36. The lowest BCUT2D eigenvalue weighted by Gasteiger charge is -2.30. The number of aromatic nitrogens is 1. The van der Waals surface area contributed by atoms with Crippen LogP contribution < -0.4 is 14.8 Å². The number of carbonyl (C=O) groups excluding carboxylic acids is 1. The molecule has 0 bridgehead atoms. The number of nitrogens with one attached hydrogen (secondary N) is 1. The SMILES string of the molecule is CN(C)CC#Cc1cccc(-c2nc(C(=O)NCc3ccc4c(c3)OCO4)cc3c2C(CCO)N(S(=O)C(C)(C)C)C3)c1. The average molecular weight is 603 g/mol. The molecule has 10 heteroatoms. The zero-order valence-electron chi connectivity index (χ0n) is 25.3. The van der Waals surface area contributed by atoms with Gasteiger partial charge < -0.3 is 19.9 Å². The molecule has 9 nitrogen and oxygen atoms in total. The fraction of sp³-hybridized carbons (Fsp3) is 0.394. The van der Waals surface area contributed by atoms with E-state index in [2.05, 4.69) is 17.2 Å². The van der Waals surface area contributed by atoms with Crippen molar-refractivity contribution in [3.8, 4) is 34.6 Å². The number of benzene rings is 2. The molecule has 1 aromatic heterocycles. The van der Waals surface area contributed by atoms with Crippen LogP contribution in [0.15, 0.2) is 48.5 Å². The Hall–Kier alpha value is -3.75. The minimum atomic E-state index is -1.35. The summed E-state index contributed by atoms with van der Waals surface area (Å²) in [7, 11) is 2.59. The predicted octanol–water partition coefficient (Wildman–Crippen LogP) is 4.02. The third-order valence-electron chi connectivity index (χ3n) is 7.18. The van der Waals surface area contributed by atoms with Crippen molar-refractivity contribution in [2.24, 2.45) is 0 Å². The summed E-state index contributed by atoms with van der Waals surface area (Å²) >= 11 is 0. The Kier molecular flexibility index (Phi) is 9.18. The summed E-state index contributed by atoms with van der Waals surface area (Å²) in [6.07, 6.45) is 0.390. The van der Waals surface area contributed by atoms with Gasteiger partial charge in [0, 0.05) is 36.4 Å². The summed E-state index contributed by atoms with van der Waals surface area (Å²) < 4.78 is 25.9. The molecule has 2 aliphatic rings. The van der Waals surface area contributed by atoms with E-state index in [1.165, 1.54) is 0 Å². The van der Waals surface area contributed by atoms with Crippen LogP contribution in [0.1, 0.15) is 66.0 Å². The molecule has 2 aromatic carbocycles. The number of hydrogen-bond donors (Lipinski definition) is 2. The van der Waals surface area contributed by atoms with Gasteiger partial charge in [0.15, 0.2) is 11.5 Å². The van der Waals surface area contributed by atoms with E-state index < -0.39 is 15.7 Å². The van der Waals surface area contributed by atoms with Gasteiger partial charge in [-0.2, -0.15) is 0 Å². The minimum Gasteiger partial charge on any atom is -0.454 e. The quantitative estimate of drug-likeness (QED) is 0.376. The number of aliphatic hydroxyl groups excluding tert-OH is 1. The summed E-state index contributed by atoms with van der Waals surface area (Å²) in [5.41, 5.74) is 5.18. The Balaban J connectivity index is 1.53. The second kappa shape index (κ2) is 12.9. The summed E-state index contributed by atoms with van der Waals surface area (Å²) in [4.78, 5) is 20.4. The van der Waals surface area contributed by atoms with Crippen LogP contribution >= 0.6 is 0 Å². The zero-order chi connectivity index (χ0) is 30.7. The molecule has 226 valence electrons. The van der Waals surface area contributed by atoms with Gasteiger partial charge in [-0.25, -0.2) is 13.5 Å². The van der Waals surface area contributed by atoms with Gasteiger partial charge >= 0.3 is 0 Å². The number of fused-ring (bicyclic) bond motifs is 2. The molecule has 1 amide bonds. The number of rotatable bonds is 8. The fourth-order valence-electron chi connectivity index (χ4n) is 5.17. The van der Waals surface area contributed by atoms with Crippen molar-refractivity contribution in [2.75, 3.05) is 34.0 Å². The normalized spacial score (nSPS) is 16.5. The number of nitrogens with zero attached hydrogens (tertiary/aromatic N) is 3. The minimum absolute atomic E-state index is 0.0742. The molecular weight excluding hydrogens is 564 g/mol. The predicted molar refractivity (Wildman–Crippen MR) is 167 cm³/mol. The zero-order valence-corrected chi connectivity index (χ0v) is 26.1. The van der Waals surface area contributed by atoms with Crippen molar-refractivity contribution in [1.82, 2.24) is 19.5 Å². The van der Waals surface area contributed by atoms with Crippen molar-refractivity contribution >= 4 is 16.9 Å².